The minimum absolute atomic E-state index is 0.0771. The molecule has 0 saturated carbocycles. The summed E-state index contributed by atoms with van der Waals surface area (Å²) in [5.41, 5.74) is 1.29. The molecule has 0 aliphatic carbocycles. The average molecular weight is 478 g/mol. The molecular weight excluding hydrogens is 450 g/mol. The molecule has 2 aromatic carbocycles. The number of anilines is 1. The van der Waals surface area contributed by atoms with Gasteiger partial charge in [0.15, 0.2) is 5.52 Å². The maximum absolute atomic E-state index is 13.5. The number of aryl methyl sites for hydroxylation is 2. The first-order valence-electron chi connectivity index (χ1n) is 11.1. The molecule has 1 amide bonds. The number of hydrogen-bond donors (Lipinski definition) is 1. The number of nitrogens with zero attached hydrogens (tertiary/aromatic N) is 4. The summed E-state index contributed by atoms with van der Waals surface area (Å²) in [4.78, 5) is 40.0. The Labute approximate surface area is 201 Å². The Morgan fingerprint density at radius 2 is 1.74 bits per heavy atom. The number of amides is 1. The molecule has 35 heavy (non-hydrogen) atoms. The second-order valence-electron chi connectivity index (χ2n) is 7.96. The van der Waals surface area contributed by atoms with Crippen LogP contribution in [0.3, 0.4) is 0 Å². The van der Waals surface area contributed by atoms with E-state index >= 15 is 0 Å². The van der Waals surface area contributed by atoms with Crippen LogP contribution < -0.4 is 26.0 Å². The van der Waals surface area contributed by atoms with Gasteiger partial charge < -0.3 is 14.8 Å². The smallest absolute Gasteiger partial charge is 0.332 e. The first-order valence-corrected chi connectivity index (χ1v) is 11.1. The zero-order chi connectivity index (χ0) is 25.1. The number of methoxy groups -OCH3 is 2. The highest BCUT2D eigenvalue weighted by Gasteiger charge is 2.22. The molecule has 1 N–H and O–H groups in total. The minimum atomic E-state index is -0.585. The number of ether oxygens (including phenoxy) is 2. The first kappa shape index (κ1) is 23.8. The Morgan fingerprint density at radius 3 is 2.40 bits per heavy atom. The van der Waals surface area contributed by atoms with Crippen molar-refractivity contribution in [2.75, 3.05) is 19.5 Å². The van der Waals surface area contributed by atoms with Gasteiger partial charge in [-0.05, 0) is 31.5 Å². The number of benzene rings is 2. The van der Waals surface area contributed by atoms with E-state index in [4.69, 9.17) is 9.47 Å². The number of hydrogen-bond acceptors (Lipinski definition) is 6. The number of carbonyl (C=O) groups excluding carboxylic acids is 1. The highest BCUT2D eigenvalue weighted by molar-refractivity contribution is 5.93. The third kappa shape index (κ3) is 4.54. The van der Waals surface area contributed by atoms with Gasteiger partial charge in [0.1, 0.15) is 23.6 Å². The largest absolute Gasteiger partial charge is 0.497 e. The molecule has 0 saturated heterocycles. The van der Waals surface area contributed by atoms with E-state index in [0.29, 0.717) is 34.9 Å². The first-order chi connectivity index (χ1) is 16.9. The predicted molar refractivity (Wildman–Crippen MR) is 132 cm³/mol. The molecule has 0 aliphatic rings. The second kappa shape index (κ2) is 9.88. The molecule has 0 bridgehead atoms. The van der Waals surface area contributed by atoms with Crippen molar-refractivity contribution in [1.29, 1.82) is 0 Å². The van der Waals surface area contributed by atoms with Crippen LogP contribution in [0.1, 0.15) is 18.2 Å². The van der Waals surface area contributed by atoms with Crippen LogP contribution in [0, 0.1) is 6.92 Å². The zero-order valence-electron chi connectivity index (χ0n) is 20.1. The van der Waals surface area contributed by atoms with Gasteiger partial charge in [-0.15, -0.1) is 0 Å². The normalized spacial score (nSPS) is 11.0. The van der Waals surface area contributed by atoms with Crippen molar-refractivity contribution in [3.63, 3.8) is 0 Å². The Balaban J connectivity index is 1.81. The third-order valence-electron chi connectivity index (χ3n) is 5.74. The summed E-state index contributed by atoms with van der Waals surface area (Å²) >= 11 is 0. The van der Waals surface area contributed by atoms with Gasteiger partial charge in [-0.25, -0.2) is 4.79 Å². The summed E-state index contributed by atoms with van der Waals surface area (Å²) in [6.45, 7) is 3.78. The van der Waals surface area contributed by atoms with E-state index in [9.17, 15) is 14.4 Å². The molecule has 0 radical (unpaired) electrons. The molecule has 10 heteroatoms. The van der Waals surface area contributed by atoms with Crippen LogP contribution in [0.15, 0.2) is 58.1 Å². The van der Waals surface area contributed by atoms with Gasteiger partial charge in [-0.3, -0.25) is 23.4 Å². The molecule has 182 valence electrons. The monoisotopic (exact) mass is 477 g/mol. The van der Waals surface area contributed by atoms with Crippen LogP contribution >= 0.6 is 0 Å². The lowest BCUT2D eigenvalue weighted by molar-refractivity contribution is -0.116. The Bertz CT molecular complexity index is 1500. The molecule has 4 aromatic rings. The average Bonchev–Trinajstić information content (AvgIpc) is 3.21. The number of aromatic nitrogens is 4. The van der Waals surface area contributed by atoms with E-state index in [1.165, 1.54) is 18.8 Å². The van der Waals surface area contributed by atoms with Crippen molar-refractivity contribution in [2.24, 2.45) is 0 Å². The SMILES string of the molecule is CCn1nc(C)c2c1c(=O)n(Cc1ccccc1)c(=O)n2CC(=O)Nc1cc(OC)ccc1OC. The van der Waals surface area contributed by atoms with Crippen LogP contribution in [0.2, 0.25) is 0 Å². The molecule has 2 heterocycles. The van der Waals surface area contributed by atoms with Gasteiger partial charge in [0.05, 0.1) is 32.1 Å². The van der Waals surface area contributed by atoms with Gasteiger partial charge in [0.2, 0.25) is 5.91 Å². The molecule has 0 aliphatic heterocycles. The lowest BCUT2D eigenvalue weighted by atomic mass is 10.2. The molecule has 4 rings (SSSR count). The second-order valence-corrected chi connectivity index (χ2v) is 7.96. The standard InChI is InChI=1S/C25H27N5O5/c1-5-30-23-22(16(2)27-30)28(25(33)29(24(23)32)14-17-9-7-6-8-10-17)15-21(31)26-19-13-18(34-3)11-12-20(19)35-4/h6-13H,5,14-15H2,1-4H3,(H,26,31). The van der Waals surface area contributed by atoms with Crippen molar-refractivity contribution < 1.29 is 14.3 Å². The summed E-state index contributed by atoms with van der Waals surface area (Å²) in [5, 5.41) is 7.22. The topological polar surface area (TPSA) is 109 Å². The van der Waals surface area contributed by atoms with E-state index in [2.05, 4.69) is 10.4 Å². The molecule has 0 spiro atoms. The van der Waals surface area contributed by atoms with E-state index in [-0.39, 0.29) is 18.6 Å². The van der Waals surface area contributed by atoms with Crippen LogP contribution in [0.5, 0.6) is 11.5 Å². The van der Waals surface area contributed by atoms with Crippen molar-refractivity contribution >= 4 is 22.6 Å². The minimum Gasteiger partial charge on any atom is -0.497 e. The van der Waals surface area contributed by atoms with Crippen molar-refractivity contribution in [3.8, 4) is 11.5 Å². The molecule has 2 aromatic heterocycles. The van der Waals surface area contributed by atoms with Crippen LogP contribution in [-0.2, 0) is 24.4 Å². The molecule has 10 nitrogen and oxygen atoms in total. The van der Waals surface area contributed by atoms with Gasteiger partial charge in [0, 0.05) is 12.6 Å². The third-order valence-corrected chi connectivity index (χ3v) is 5.74. The molecule has 0 unspecified atom stereocenters. The van der Waals surface area contributed by atoms with Gasteiger partial charge >= 0.3 is 5.69 Å². The summed E-state index contributed by atoms with van der Waals surface area (Å²) in [7, 11) is 3.02. The number of rotatable bonds is 8. The summed E-state index contributed by atoms with van der Waals surface area (Å²) in [6.07, 6.45) is 0. The number of nitrogens with one attached hydrogen (secondary N) is 1. The maximum Gasteiger partial charge on any atom is 0.332 e. The predicted octanol–water partition coefficient (Wildman–Crippen LogP) is 2.39. The molecular formula is C25H27N5O5. The van der Waals surface area contributed by atoms with Crippen molar-refractivity contribution in [2.45, 2.75) is 33.5 Å². The zero-order valence-corrected chi connectivity index (χ0v) is 20.1. The molecule has 0 atom stereocenters. The highest BCUT2D eigenvalue weighted by atomic mass is 16.5. The fraction of sp³-hybridized carbons (Fsp3) is 0.280. The quantitative estimate of drug-likeness (QED) is 0.417. The summed E-state index contributed by atoms with van der Waals surface area (Å²) in [5.74, 6) is 0.520. The maximum atomic E-state index is 13.5. The Kier molecular flexibility index (Phi) is 6.72. The summed E-state index contributed by atoms with van der Waals surface area (Å²) < 4.78 is 14.6. The number of carbonyl (C=O) groups is 1. The Hall–Kier alpha value is -4.34. The lowest BCUT2D eigenvalue weighted by Crippen LogP contribution is -2.42. The van der Waals surface area contributed by atoms with E-state index in [1.54, 1.807) is 29.8 Å². The van der Waals surface area contributed by atoms with E-state index in [1.807, 2.05) is 37.3 Å². The summed E-state index contributed by atoms with van der Waals surface area (Å²) in [6, 6.07) is 14.2. The van der Waals surface area contributed by atoms with Gasteiger partial charge in [-0.2, -0.15) is 5.10 Å². The number of fused-ring (bicyclic) bond motifs is 1. The van der Waals surface area contributed by atoms with Crippen LogP contribution in [0.25, 0.3) is 11.0 Å². The van der Waals surface area contributed by atoms with Crippen molar-refractivity contribution in [1.82, 2.24) is 18.9 Å². The fourth-order valence-electron chi connectivity index (χ4n) is 4.09. The van der Waals surface area contributed by atoms with E-state index in [0.717, 1.165) is 10.1 Å². The van der Waals surface area contributed by atoms with Gasteiger partial charge in [-0.1, -0.05) is 30.3 Å². The van der Waals surface area contributed by atoms with Crippen LogP contribution in [-0.4, -0.2) is 39.0 Å². The fourth-order valence-corrected chi connectivity index (χ4v) is 4.09. The highest BCUT2D eigenvalue weighted by Crippen LogP contribution is 2.29. The van der Waals surface area contributed by atoms with Gasteiger partial charge in [0.25, 0.3) is 5.56 Å². The van der Waals surface area contributed by atoms with Crippen molar-refractivity contribution in [3.05, 3.63) is 80.6 Å². The molecule has 0 fully saturated rings. The van der Waals surface area contributed by atoms with Crippen LogP contribution in [0.4, 0.5) is 5.69 Å². The lowest BCUT2D eigenvalue weighted by Gasteiger charge is -2.15. The Morgan fingerprint density at radius 1 is 1.00 bits per heavy atom. The van der Waals surface area contributed by atoms with E-state index < -0.39 is 17.2 Å².